The van der Waals surface area contributed by atoms with Gasteiger partial charge in [-0.2, -0.15) is 10.0 Å². The summed E-state index contributed by atoms with van der Waals surface area (Å²) in [6.45, 7) is 0. The molecular formula is C112H86N4S. The number of benzene rings is 18. The predicted molar refractivity (Wildman–Crippen MR) is 494 cm³/mol. The molecule has 0 aromatic heterocycles. The molecule has 0 saturated carbocycles. The lowest BCUT2D eigenvalue weighted by Crippen LogP contribution is -2.31. The van der Waals surface area contributed by atoms with Crippen molar-refractivity contribution in [2.75, 3.05) is 32.1 Å². The molecule has 0 aliphatic carbocycles. The Morgan fingerprint density at radius 2 is 0.308 bits per heavy atom. The molecule has 0 radical (unpaired) electrons. The molecular weight excluding hydrogens is 1430 g/mol. The topological polar surface area (TPSA) is 13.0 Å². The zero-order valence-corrected chi connectivity index (χ0v) is 66.2. The summed E-state index contributed by atoms with van der Waals surface area (Å²) in [6, 6.07) is 178. The first kappa shape index (κ1) is 72.7. The fourth-order valence-corrected chi connectivity index (χ4v) is 20.4. The molecule has 0 spiro atoms. The molecule has 117 heavy (non-hydrogen) atoms. The van der Waals surface area contributed by atoms with E-state index < -0.39 is 20.9 Å². The number of hydrogen-bond acceptors (Lipinski definition) is 4. The number of hydrogen-bond donors (Lipinski definition) is 0. The van der Waals surface area contributed by atoms with Crippen LogP contribution in [0.4, 0.5) is 68.2 Å². The molecule has 1 aliphatic heterocycles. The van der Waals surface area contributed by atoms with E-state index in [-0.39, 0.29) is 0 Å². The fourth-order valence-electron chi connectivity index (χ4n) is 17.9. The van der Waals surface area contributed by atoms with Gasteiger partial charge >= 0.3 is 0 Å². The van der Waals surface area contributed by atoms with E-state index in [4.69, 9.17) is 0 Å². The summed E-state index contributed by atoms with van der Waals surface area (Å²) < 4.78 is 0. The van der Waals surface area contributed by atoms with Crippen molar-refractivity contribution < 1.29 is 0 Å². The highest BCUT2D eigenvalue weighted by atomic mass is 32.3. The third-order valence-electron chi connectivity index (χ3n) is 23.4. The quantitative estimate of drug-likeness (QED) is 0.0627. The Hall–Kier alpha value is -14.5. The second-order valence-corrected chi connectivity index (χ2v) is 33.9. The predicted octanol–water partition coefficient (Wildman–Crippen LogP) is 30.1. The Morgan fingerprint density at radius 1 is 0.154 bits per heavy atom. The zero-order chi connectivity index (χ0) is 78.5. The van der Waals surface area contributed by atoms with E-state index in [9.17, 15) is 0 Å². The van der Waals surface area contributed by atoms with Gasteiger partial charge in [0.25, 0.3) is 0 Å². The van der Waals surface area contributed by atoms with Crippen LogP contribution in [0, 0.1) is 0 Å². The first-order valence-electron chi connectivity index (χ1n) is 40.2. The SMILES string of the molecule is CS1(C)c2cc(N(c3ccccc3)c3ccc(-c4ccc(N(c5ccccc5)c5ccc(C(c6ccccc6)(c6ccccc6)c6ccccc6)cc5)cc4)cc3)ccc2-c2ccc(N(c3ccccc3)c3ccc(-c4ccc(N(c5ccccc5)c5ccc(C(c6ccccc6)(c6ccccc6)c6ccccc6)cc5)cc4)cc3)cc21. The number of anilines is 12. The Bertz CT molecular complexity index is 5780. The van der Waals surface area contributed by atoms with Crippen LogP contribution in [0.3, 0.4) is 0 Å². The van der Waals surface area contributed by atoms with E-state index >= 15 is 0 Å². The van der Waals surface area contributed by atoms with Gasteiger partial charge in [0.15, 0.2) is 0 Å². The smallest absolute Gasteiger partial charge is 0.0701 e. The highest BCUT2D eigenvalue weighted by molar-refractivity contribution is 8.33. The molecule has 0 N–H and O–H groups in total. The first-order chi connectivity index (χ1) is 57.8. The minimum absolute atomic E-state index is 0.546. The molecule has 19 rings (SSSR count). The first-order valence-corrected chi connectivity index (χ1v) is 42.6. The number of nitrogens with zero attached hydrogens (tertiary/aromatic N) is 4. The number of para-hydroxylation sites is 4. The molecule has 560 valence electrons. The Morgan fingerprint density at radius 3 is 0.513 bits per heavy atom. The van der Waals surface area contributed by atoms with E-state index in [1.54, 1.807) is 0 Å². The average molecular weight is 1520 g/mol. The molecule has 18 aromatic rings. The van der Waals surface area contributed by atoms with Crippen molar-refractivity contribution in [3.05, 3.63) is 530 Å². The van der Waals surface area contributed by atoms with Gasteiger partial charge in [-0.1, -0.05) is 340 Å². The third-order valence-corrected chi connectivity index (χ3v) is 26.3. The maximum absolute atomic E-state index is 2.47. The van der Waals surface area contributed by atoms with Gasteiger partial charge in [0.05, 0.1) is 10.8 Å². The van der Waals surface area contributed by atoms with Crippen LogP contribution >= 0.6 is 10.0 Å². The molecule has 0 bridgehead atoms. The molecule has 1 heterocycles. The second kappa shape index (κ2) is 31.8. The van der Waals surface area contributed by atoms with Gasteiger partial charge in [-0.15, -0.1) is 0 Å². The second-order valence-electron chi connectivity index (χ2n) is 30.3. The van der Waals surface area contributed by atoms with Crippen molar-refractivity contribution in [1.82, 2.24) is 0 Å². The highest BCUT2D eigenvalue weighted by Crippen LogP contribution is 2.69. The standard InChI is InChI=1S/C112H86N4S/c1-117(2)109-81-105(115(97-49-29-11-30-50-97)101-69-57-85(58-70-101)83-53-65-99(66-54-83)113(95-45-25-9-26-46-95)103-73-61-93(62-74-103)111(87-33-13-3-14-34-87,88-35-15-4-16-36-88)89-37-17-5-18-38-89)77-79-107(109)108-80-78-106(82-110(108)117)116(98-51-31-12-32-52-98)102-71-59-86(60-72-102)84-55-67-100(68-56-84)114(96-47-27-10-28-48-96)104-75-63-94(64-76-104)112(90-39-19-6-20-40-90,91-41-21-7-22-42-91)92-43-23-8-24-44-92/h3-82H,1-2H3. The minimum atomic E-state index is -1.52. The van der Waals surface area contributed by atoms with Crippen LogP contribution in [-0.2, 0) is 10.8 Å². The number of fused-ring (bicyclic) bond motifs is 3. The van der Waals surface area contributed by atoms with Crippen LogP contribution in [0.2, 0.25) is 0 Å². The maximum atomic E-state index is 2.47. The van der Waals surface area contributed by atoms with Crippen LogP contribution in [-0.4, -0.2) is 12.5 Å². The molecule has 4 nitrogen and oxygen atoms in total. The van der Waals surface area contributed by atoms with Gasteiger partial charge < -0.3 is 19.6 Å². The third kappa shape index (κ3) is 13.6. The van der Waals surface area contributed by atoms with Crippen molar-refractivity contribution in [1.29, 1.82) is 0 Å². The molecule has 0 saturated heterocycles. The zero-order valence-electron chi connectivity index (χ0n) is 65.4. The summed E-state index contributed by atoms with van der Waals surface area (Å²) in [7, 11) is -1.52. The van der Waals surface area contributed by atoms with E-state index in [1.807, 2.05) is 0 Å². The summed E-state index contributed by atoms with van der Waals surface area (Å²) in [5, 5.41) is 0. The van der Waals surface area contributed by atoms with Gasteiger partial charge in [-0.25, -0.2) is 0 Å². The van der Waals surface area contributed by atoms with Crippen LogP contribution in [0.5, 0.6) is 0 Å². The van der Waals surface area contributed by atoms with Gasteiger partial charge in [-0.05, 0) is 236 Å². The van der Waals surface area contributed by atoms with Crippen molar-refractivity contribution in [3.8, 4) is 33.4 Å². The average Bonchev–Trinajstić information content (AvgIpc) is 1.39. The Balaban J connectivity index is 0.588. The molecule has 0 fully saturated rings. The summed E-state index contributed by atoms with van der Waals surface area (Å²) in [6.07, 6.45) is 4.94. The van der Waals surface area contributed by atoms with E-state index in [2.05, 4.69) is 517 Å². The van der Waals surface area contributed by atoms with Crippen molar-refractivity contribution in [2.24, 2.45) is 0 Å². The maximum Gasteiger partial charge on any atom is 0.0701 e. The lowest BCUT2D eigenvalue weighted by molar-refractivity contribution is 0.745. The fraction of sp³-hybridized carbons (Fsp3) is 0.0357. The van der Waals surface area contributed by atoms with Crippen LogP contribution < -0.4 is 19.6 Å². The number of rotatable bonds is 22. The molecule has 0 amide bonds. The normalized spacial score (nSPS) is 12.4. The van der Waals surface area contributed by atoms with Gasteiger partial charge in [0.2, 0.25) is 0 Å². The lowest BCUT2D eigenvalue weighted by Gasteiger charge is -2.37. The van der Waals surface area contributed by atoms with Crippen LogP contribution in [0.15, 0.2) is 495 Å². The Kier molecular flexibility index (Phi) is 19.8. The van der Waals surface area contributed by atoms with E-state index in [0.717, 1.165) is 90.5 Å². The summed E-state index contributed by atoms with van der Waals surface area (Å²) in [5.41, 5.74) is 28.9. The Labute approximate surface area is 689 Å². The highest BCUT2D eigenvalue weighted by Gasteiger charge is 2.41. The summed E-state index contributed by atoms with van der Waals surface area (Å²) in [5.74, 6) is 0. The molecule has 5 heteroatoms. The largest absolute Gasteiger partial charge is 0.311 e. The van der Waals surface area contributed by atoms with Crippen molar-refractivity contribution in [2.45, 2.75) is 20.6 Å². The summed E-state index contributed by atoms with van der Waals surface area (Å²) in [4.78, 5) is 12.3. The van der Waals surface area contributed by atoms with Gasteiger partial charge in [-0.3, -0.25) is 0 Å². The van der Waals surface area contributed by atoms with Crippen LogP contribution in [0.1, 0.15) is 44.5 Å². The summed E-state index contributed by atoms with van der Waals surface area (Å²) >= 11 is 0. The van der Waals surface area contributed by atoms with Crippen LogP contribution in [0.25, 0.3) is 33.4 Å². The van der Waals surface area contributed by atoms with E-state index in [0.29, 0.717) is 0 Å². The lowest BCUT2D eigenvalue weighted by atomic mass is 9.65. The monoisotopic (exact) mass is 1520 g/mol. The molecule has 0 atom stereocenters. The molecule has 0 unspecified atom stereocenters. The van der Waals surface area contributed by atoms with Crippen molar-refractivity contribution >= 4 is 78.3 Å². The van der Waals surface area contributed by atoms with Gasteiger partial charge in [0.1, 0.15) is 0 Å². The van der Waals surface area contributed by atoms with E-state index in [1.165, 1.54) is 65.4 Å². The minimum Gasteiger partial charge on any atom is -0.311 e. The van der Waals surface area contributed by atoms with Gasteiger partial charge in [0, 0.05) is 78.0 Å². The van der Waals surface area contributed by atoms with Crippen molar-refractivity contribution in [3.63, 3.8) is 0 Å². The molecule has 18 aromatic carbocycles. The molecule has 1 aliphatic rings.